The summed E-state index contributed by atoms with van der Waals surface area (Å²) in [6.45, 7) is 1.83. The quantitative estimate of drug-likeness (QED) is 0.892. The van der Waals surface area contributed by atoms with Gasteiger partial charge in [0.25, 0.3) is 5.91 Å². The maximum absolute atomic E-state index is 12.2. The highest BCUT2D eigenvalue weighted by molar-refractivity contribution is 6.34. The van der Waals surface area contributed by atoms with E-state index in [1.807, 2.05) is 13.0 Å². The number of nitriles is 1. The molecule has 0 saturated carbocycles. The summed E-state index contributed by atoms with van der Waals surface area (Å²) in [4.78, 5) is 12.2. The summed E-state index contributed by atoms with van der Waals surface area (Å²) in [5, 5.41) is 12.3. The molecule has 3 nitrogen and oxygen atoms in total. The van der Waals surface area contributed by atoms with Gasteiger partial charge in [-0.1, -0.05) is 29.3 Å². The number of hydrogen-bond acceptors (Lipinski definition) is 2. The Kier molecular flexibility index (Phi) is 4.29. The van der Waals surface area contributed by atoms with Crippen LogP contribution in [0.5, 0.6) is 0 Å². The molecule has 0 aliphatic carbocycles. The summed E-state index contributed by atoms with van der Waals surface area (Å²) in [5.74, 6) is -0.295. The Morgan fingerprint density at radius 3 is 2.60 bits per heavy atom. The SMILES string of the molecule is Cc1ccc(Cl)cc1C(=O)Nc1ccc(C#N)cc1Cl. The van der Waals surface area contributed by atoms with Gasteiger partial charge in [-0.25, -0.2) is 0 Å². The van der Waals surface area contributed by atoms with Crippen LogP contribution in [-0.2, 0) is 0 Å². The average Bonchev–Trinajstić information content (AvgIpc) is 2.43. The van der Waals surface area contributed by atoms with Gasteiger partial charge in [0.1, 0.15) is 0 Å². The Labute approximate surface area is 126 Å². The summed E-state index contributed by atoms with van der Waals surface area (Å²) in [7, 11) is 0. The summed E-state index contributed by atoms with van der Waals surface area (Å²) in [6, 6.07) is 11.8. The average molecular weight is 305 g/mol. The van der Waals surface area contributed by atoms with E-state index in [9.17, 15) is 4.79 Å². The van der Waals surface area contributed by atoms with E-state index in [0.29, 0.717) is 26.9 Å². The van der Waals surface area contributed by atoms with Gasteiger partial charge in [0.2, 0.25) is 0 Å². The summed E-state index contributed by atoms with van der Waals surface area (Å²) in [5.41, 5.74) is 2.19. The molecular formula is C15H10Cl2N2O. The Bertz CT molecular complexity index is 720. The fourth-order valence-electron chi connectivity index (χ4n) is 1.71. The molecule has 1 N–H and O–H groups in total. The summed E-state index contributed by atoms with van der Waals surface area (Å²) in [6.07, 6.45) is 0. The first-order valence-corrected chi connectivity index (χ1v) is 6.54. The van der Waals surface area contributed by atoms with Crippen molar-refractivity contribution in [1.82, 2.24) is 0 Å². The van der Waals surface area contributed by atoms with E-state index in [4.69, 9.17) is 28.5 Å². The lowest BCUT2D eigenvalue weighted by molar-refractivity contribution is 0.102. The van der Waals surface area contributed by atoms with E-state index in [0.717, 1.165) is 5.56 Å². The van der Waals surface area contributed by atoms with Gasteiger partial charge in [0.15, 0.2) is 0 Å². The minimum absolute atomic E-state index is 0.295. The maximum atomic E-state index is 12.2. The van der Waals surface area contributed by atoms with Crippen molar-refractivity contribution in [2.24, 2.45) is 0 Å². The van der Waals surface area contributed by atoms with E-state index >= 15 is 0 Å². The third kappa shape index (κ3) is 3.11. The van der Waals surface area contributed by atoms with Gasteiger partial charge >= 0.3 is 0 Å². The topological polar surface area (TPSA) is 52.9 Å². The number of hydrogen-bond donors (Lipinski definition) is 1. The molecule has 0 aliphatic rings. The molecule has 2 rings (SSSR count). The van der Waals surface area contributed by atoms with Crippen LogP contribution in [0.2, 0.25) is 10.0 Å². The van der Waals surface area contributed by atoms with Crippen molar-refractivity contribution in [2.45, 2.75) is 6.92 Å². The van der Waals surface area contributed by atoms with Crippen LogP contribution in [0.15, 0.2) is 36.4 Å². The monoisotopic (exact) mass is 304 g/mol. The number of rotatable bonds is 2. The molecule has 0 heterocycles. The summed E-state index contributed by atoms with van der Waals surface area (Å²) >= 11 is 11.9. The zero-order valence-electron chi connectivity index (χ0n) is 10.6. The number of carbonyl (C=O) groups is 1. The molecule has 0 unspecified atom stereocenters. The fourth-order valence-corrected chi connectivity index (χ4v) is 2.11. The van der Waals surface area contributed by atoms with Gasteiger partial charge in [-0.15, -0.1) is 0 Å². The lowest BCUT2D eigenvalue weighted by atomic mass is 10.1. The van der Waals surface area contributed by atoms with Crippen LogP contribution in [-0.4, -0.2) is 5.91 Å². The third-order valence-corrected chi connectivity index (χ3v) is 3.34. The molecule has 2 aromatic rings. The van der Waals surface area contributed by atoms with E-state index in [1.165, 1.54) is 6.07 Å². The number of nitrogens with one attached hydrogen (secondary N) is 1. The molecule has 0 saturated heterocycles. The molecule has 0 aromatic heterocycles. The second-order valence-electron chi connectivity index (χ2n) is 4.22. The molecule has 1 amide bonds. The van der Waals surface area contributed by atoms with E-state index in [1.54, 1.807) is 30.3 Å². The molecule has 0 atom stereocenters. The third-order valence-electron chi connectivity index (χ3n) is 2.79. The standard InChI is InChI=1S/C15H10Cl2N2O/c1-9-2-4-11(16)7-12(9)15(20)19-14-5-3-10(8-18)6-13(14)17/h2-7H,1H3,(H,19,20). The van der Waals surface area contributed by atoms with Gasteiger partial charge in [0.05, 0.1) is 22.3 Å². The van der Waals surface area contributed by atoms with Crippen molar-refractivity contribution < 1.29 is 4.79 Å². The molecule has 100 valence electrons. The van der Waals surface area contributed by atoms with Crippen LogP contribution in [0.3, 0.4) is 0 Å². The van der Waals surface area contributed by atoms with Gasteiger partial charge in [-0.3, -0.25) is 4.79 Å². The minimum atomic E-state index is -0.295. The number of nitrogens with zero attached hydrogens (tertiary/aromatic N) is 1. The molecule has 0 aliphatic heterocycles. The number of amides is 1. The fraction of sp³-hybridized carbons (Fsp3) is 0.0667. The van der Waals surface area contributed by atoms with Crippen LogP contribution in [0.1, 0.15) is 21.5 Å². The van der Waals surface area contributed by atoms with Gasteiger partial charge in [-0.05, 0) is 42.8 Å². The number of carbonyl (C=O) groups excluding carboxylic acids is 1. The Morgan fingerprint density at radius 1 is 1.20 bits per heavy atom. The number of benzene rings is 2. The van der Waals surface area contributed by atoms with Crippen LogP contribution in [0.25, 0.3) is 0 Å². The molecule has 5 heteroatoms. The van der Waals surface area contributed by atoms with Crippen molar-refractivity contribution in [3.63, 3.8) is 0 Å². The van der Waals surface area contributed by atoms with E-state index in [2.05, 4.69) is 5.32 Å². The molecule has 0 bridgehead atoms. The molecule has 0 fully saturated rings. The smallest absolute Gasteiger partial charge is 0.256 e. The van der Waals surface area contributed by atoms with Crippen molar-refractivity contribution in [2.75, 3.05) is 5.32 Å². The Morgan fingerprint density at radius 2 is 1.95 bits per heavy atom. The minimum Gasteiger partial charge on any atom is -0.321 e. The van der Waals surface area contributed by atoms with Crippen molar-refractivity contribution in [3.8, 4) is 6.07 Å². The van der Waals surface area contributed by atoms with E-state index in [-0.39, 0.29) is 5.91 Å². The number of aryl methyl sites for hydroxylation is 1. The van der Waals surface area contributed by atoms with Gasteiger partial charge in [0, 0.05) is 10.6 Å². The molecule has 20 heavy (non-hydrogen) atoms. The predicted molar refractivity (Wildman–Crippen MR) is 80.3 cm³/mol. The Hall–Kier alpha value is -2.02. The van der Waals surface area contributed by atoms with Crippen LogP contribution in [0, 0.1) is 18.3 Å². The van der Waals surface area contributed by atoms with Crippen molar-refractivity contribution >= 4 is 34.8 Å². The Balaban J connectivity index is 2.28. The predicted octanol–water partition coefficient (Wildman–Crippen LogP) is 4.43. The van der Waals surface area contributed by atoms with E-state index < -0.39 is 0 Å². The normalized spacial score (nSPS) is 9.90. The van der Waals surface area contributed by atoms with Crippen LogP contribution in [0.4, 0.5) is 5.69 Å². The van der Waals surface area contributed by atoms with Crippen LogP contribution >= 0.6 is 23.2 Å². The molecular weight excluding hydrogens is 295 g/mol. The van der Waals surface area contributed by atoms with Gasteiger partial charge < -0.3 is 5.32 Å². The lowest BCUT2D eigenvalue weighted by Gasteiger charge is -2.09. The summed E-state index contributed by atoms with van der Waals surface area (Å²) < 4.78 is 0. The highest BCUT2D eigenvalue weighted by Gasteiger charge is 2.12. The largest absolute Gasteiger partial charge is 0.321 e. The first kappa shape index (κ1) is 14.4. The number of halogens is 2. The maximum Gasteiger partial charge on any atom is 0.256 e. The first-order valence-electron chi connectivity index (χ1n) is 5.78. The van der Waals surface area contributed by atoms with Crippen molar-refractivity contribution in [3.05, 3.63) is 63.1 Å². The van der Waals surface area contributed by atoms with Crippen molar-refractivity contribution in [1.29, 1.82) is 5.26 Å². The molecule has 0 radical (unpaired) electrons. The first-order chi connectivity index (χ1) is 9.51. The highest BCUT2D eigenvalue weighted by Crippen LogP contribution is 2.24. The molecule has 2 aromatic carbocycles. The van der Waals surface area contributed by atoms with Crippen LogP contribution < -0.4 is 5.32 Å². The van der Waals surface area contributed by atoms with Gasteiger partial charge in [-0.2, -0.15) is 5.26 Å². The zero-order chi connectivity index (χ0) is 14.7. The zero-order valence-corrected chi connectivity index (χ0v) is 12.1. The lowest BCUT2D eigenvalue weighted by Crippen LogP contribution is -2.13. The highest BCUT2D eigenvalue weighted by atomic mass is 35.5. The number of anilines is 1. The second kappa shape index (κ2) is 5.96. The molecule has 0 spiro atoms. The second-order valence-corrected chi connectivity index (χ2v) is 5.06.